The molecule has 100 valence electrons. The van der Waals surface area contributed by atoms with Gasteiger partial charge in [0.15, 0.2) is 0 Å². The molecule has 1 unspecified atom stereocenters. The van der Waals surface area contributed by atoms with E-state index in [2.05, 4.69) is 4.99 Å². The maximum Gasteiger partial charge on any atom is 0.346 e. The third kappa shape index (κ3) is 2.10. The number of carbonyl (C=O) groups excluding carboxylic acids is 1. The van der Waals surface area contributed by atoms with Crippen molar-refractivity contribution in [2.75, 3.05) is 0 Å². The Labute approximate surface area is 117 Å². The van der Waals surface area contributed by atoms with Crippen molar-refractivity contribution in [1.29, 1.82) is 0 Å². The van der Waals surface area contributed by atoms with Gasteiger partial charge in [0.1, 0.15) is 11.4 Å². The number of nitrogens with two attached hydrogens (primary N) is 1. The second-order valence-corrected chi connectivity index (χ2v) is 5.89. The summed E-state index contributed by atoms with van der Waals surface area (Å²) in [6, 6.07) is 7.74. The molecule has 0 bridgehead atoms. The summed E-state index contributed by atoms with van der Waals surface area (Å²) >= 11 is 5.89. The van der Waals surface area contributed by atoms with E-state index < -0.39 is 5.54 Å². The van der Waals surface area contributed by atoms with E-state index in [1.807, 2.05) is 36.1 Å². The molecule has 2 N–H and O–H groups in total. The third-order valence-corrected chi connectivity index (χ3v) is 4.13. The van der Waals surface area contributed by atoms with Crippen molar-refractivity contribution >= 4 is 23.5 Å². The minimum atomic E-state index is -0.508. The topological polar surface area (TPSA) is 58.7 Å². The van der Waals surface area contributed by atoms with Crippen LogP contribution < -0.4 is 5.73 Å². The molecule has 1 aromatic rings. The molecule has 19 heavy (non-hydrogen) atoms. The molecule has 1 aliphatic carbocycles. The molecule has 2 amide bonds. The lowest BCUT2D eigenvalue weighted by Gasteiger charge is -2.35. The van der Waals surface area contributed by atoms with E-state index in [9.17, 15) is 4.79 Å². The predicted octanol–water partition coefficient (Wildman–Crippen LogP) is 2.60. The van der Waals surface area contributed by atoms with Gasteiger partial charge in [0.05, 0.1) is 0 Å². The number of carbonyl (C=O) groups is 1. The molecule has 2 aliphatic rings. The lowest BCUT2D eigenvalue weighted by atomic mass is 9.90. The van der Waals surface area contributed by atoms with Gasteiger partial charge in [-0.25, -0.2) is 4.79 Å². The van der Waals surface area contributed by atoms with E-state index in [1.165, 1.54) is 0 Å². The fourth-order valence-electron chi connectivity index (χ4n) is 2.68. The SMILES string of the molecule is CC1(Cc2ccc(Cl)cc2)C(N)=NC(=O)N1C1CC1. The van der Waals surface area contributed by atoms with Gasteiger partial charge in [0.2, 0.25) is 0 Å². The molecule has 4 nitrogen and oxygen atoms in total. The van der Waals surface area contributed by atoms with Crippen LogP contribution in [-0.2, 0) is 6.42 Å². The highest BCUT2D eigenvalue weighted by molar-refractivity contribution is 6.30. The summed E-state index contributed by atoms with van der Waals surface area (Å²) < 4.78 is 0. The first-order valence-corrected chi connectivity index (χ1v) is 6.81. The molecule has 0 spiro atoms. The Morgan fingerprint density at radius 2 is 2.05 bits per heavy atom. The molecule has 1 aliphatic heterocycles. The van der Waals surface area contributed by atoms with E-state index in [-0.39, 0.29) is 6.03 Å². The summed E-state index contributed by atoms with van der Waals surface area (Å²) in [6.45, 7) is 1.99. The number of benzene rings is 1. The van der Waals surface area contributed by atoms with E-state index in [0.29, 0.717) is 23.3 Å². The molecular formula is C14H16ClN3O. The first kappa shape index (κ1) is 12.5. The number of halogens is 1. The first-order valence-electron chi connectivity index (χ1n) is 6.43. The van der Waals surface area contributed by atoms with E-state index >= 15 is 0 Å². The van der Waals surface area contributed by atoms with E-state index in [0.717, 1.165) is 18.4 Å². The molecular weight excluding hydrogens is 262 g/mol. The van der Waals surface area contributed by atoms with Crippen LogP contribution in [0, 0.1) is 0 Å². The molecule has 5 heteroatoms. The zero-order chi connectivity index (χ0) is 13.6. The van der Waals surface area contributed by atoms with Gasteiger partial charge in [-0.05, 0) is 37.5 Å². The van der Waals surface area contributed by atoms with Crippen molar-refractivity contribution in [2.24, 2.45) is 10.7 Å². The number of aliphatic imine (C=N–C) groups is 1. The van der Waals surface area contributed by atoms with Gasteiger partial charge in [-0.15, -0.1) is 0 Å². The molecule has 0 radical (unpaired) electrons. The Bertz CT molecular complexity index is 550. The summed E-state index contributed by atoms with van der Waals surface area (Å²) in [5.41, 5.74) is 6.59. The maximum absolute atomic E-state index is 12.0. The highest BCUT2D eigenvalue weighted by Gasteiger charge is 2.50. The molecule has 1 atom stereocenters. The molecule has 1 fully saturated rings. The molecule has 1 aromatic carbocycles. The number of hydrogen-bond acceptors (Lipinski definition) is 2. The number of rotatable bonds is 3. The molecule has 0 saturated heterocycles. The van der Waals surface area contributed by atoms with Crippen LogP contribution in [0.1, 0.15) is 25.3 Å². The van der Waals surface area contributed by atoms with Crippen LogP contribution >= 0.6 is 11.6 Å². The van der Waals surface area contributed by atoms with Gasteiger partial charge in [-0.3, -0.25) is 0 Å². The Hall–Kier alpha value is -1.55. The van der Waals surface area contributed by atoms with Crippen molar-refractivity contribution < 1.29 is 4.79 Å². The van der Waals surface area contributed by atoms with Gasteiger partial charge < -0.3 is 10.6 Å². The van der Waals surface area contributed by atoms with Crippen LogP contribution in [0.15, 0.2) is 29.3 Å². The predicted molar refractivity (Wildman–Crippen MR) is 75.4 cm³/mol. The van der Waals surface area contributed by atoms with Crippen molar-refractivity contribution in [2.45, 2.75) is 37.8 Å². The van der Waals surface area contributed by atoms with Crippen LogP contribution in [-0.4, -0.2) is 28.3 Å². The normalized spacial score (nSPS) is 26.7. The largest absolute Gasteiger partial charge is 0.385 e. The minimum Gasteiger partial charge on any atom is -0.385 e. The summed E-state index contributed by atoms with van der Waals surface area (Å²) in [6.07, 6.45) is 2.76. The fraction of sp³-hybridized carbons (Fsp3) is 0.429. The third-order valence-electron chi connectivity index (χ3n) is 3.88. The molecule has 1 heterocycles. The summed E-state index contributed by atoms with van der Waals surface area (Å²) in [5, 5.41) is 0.706. The summed E-state index contributed by atoms with van der Waals surface area (Å²) in [7, 11) is 0. The molecule has 0 aromatic heterocycles. The van der Waals surface area contributed by atoms with Gasteiger partial charge in [0, 0.05) is 17.5 Å². The Balaban J connectivity index is 1.89. The zero-order valence-electron chi connectivity index (χ0n) is 10.8. The second kappa shape index (κ2) is 4.23. The van der Waals surface area contributed by atoms with Crippen LogP contribution in [0.5, 0.6) is 0 Å². The van der Waals surface area contributed by atoms with Crippen LogP contribution in [0.25, 0.3) is 0 Å². The number of hydrogen-bond donors (Lipinski definition) is 1. The van der Waals surface area contributed by atoms with E-state index in [4.69, 9.17) is 17.3 Å². The number of urea groups is 1. The minimum absolute atomic E-state index is 0.198. The fourth-order valence-corrected chi connectivity index (χ4v) is 2.81. The smallest absolute Gasteiger partial charge is 0.346 e. The lowest BCUT2D eigenvalue weighted by Crippen LogP contribution is -2.54. The quantitative estimate of drug-likeness (QED) is 0.923. The van der Waals surface area contributed by atoms with Crippen molar-refractivity contribution in [1.82, 2.24) is 4.90 Å². The van der Waals surface area contributed by atoms with Crippen molar-refractivity contribution in [3.8, 4) is 0 Å². The van der Waals surface area contributed by atoms with Crippen LogP contribution in [0.3, 0.4) is 0 Å². The lowest BCUT2D eigenvalue weighted by molar-refractivity contribution is 0.173. The average Bonchev–Trinajstić information content (AvgIpc) is 3.13. The highest BCUT2D eigenvalue weighted by Crippen LogP contribution is 2.38. The highest BCUT2D eigenvalue weighted by atomic mass is 35.5. The standard InChI is InChI=1S/C14H16ClN3O/c1-14(8-9-2-4-10(15)5-3-9)12(16)17-13(19)18(14)11-6-7-11/h2-5,11H,6-8H2,1H3,(H2,16,17,19). The van der Waals surface area contributed by atoms with Crippen molar-refractivity contribution in [3.05, 3.63) is 34.9 Å². The van der Waals surface area contributed by atoms with Crippen LogP contribution in [0.2, 0.25) is 5.02 Å². The maximum atomic E-state index is 12.0. The number of amidine groups is 1. The van der Waals surface area contributed by atoms with Gasteiger partial charge in [0.25, 0.3) is 0 Å². The summed E-state index contributed by atoms with van der Waals surface area (Å²) in [4.78, 5) is 17.8. The first-order chi connectivity index (χ1) is 9.00. The second-order valence-electron chi connectivity index (χ2n) is 5.46. The summed E-state index contributed by atoms with van der Waals surface area (Å²) in [5.74, 6) is 0.416. The zero-order valence-corrected chi connectivity index (χ0v) is 11.5. The molecule has 3 rings (SSSR count). The molecule has 1 saturated carbocycles. The number of amides is 2. The van der Waals surface area contributed by atoms with Gasteiger partial charge in [-0.2, -0.15) is 4.99 Å². The average molecular weight is 278 g/mol. The van der Waals surface area contributed by atoms with Crippen LogP contribution in [0.4, 0.5) is 4.79 Å². The Morgan fingerprint density at radius 3 is 2.63 bits per heavy atom. The Morgan fingerprint density at radius 1 is 1.42 bits per heavy atom. The van der Waals surface area contributed by atoms with Crippen molar-refractivity contribution in [3.63, 3.8) is 0 Å². The van der Waals surface area contributed by atoms with Gasteiger partial charge >= 0.3 is 6.03 Å². The Kier molecular flexibility index (Phi) is 2.78. The number of nitrogens with zero attached hydrogens (tertiary/aromatic N) is 2. The van der Waals surface area contributed by atoms with E-state index in [1.54, 1.807) is 0 Å². The monoisotopic (exact) mass is 277 g/mol. The van der Waals surface area contributed by atoms with Gasteiger partial charge in [-0.1, -0.05) is 23.7 Å².